The molecule has 0 bridgehead atoms. The van der Waals surface area contributed by atoms with E-state index < -0.39 is 16.1 Å². The van der Waals surface area contributed by atoms with E-state index in [0.717, 1.165) is 41.1 Å². The van der Waals surface area contributed by atoms with Crippen molar-refractivity contribution in [3.63, 3.8) is 0 Å². The molecule has 2 aromatic carbocycles. The van der Waals surface area contributed by atoms with Crippen molar-refractivity contribution in [3.8, 4) is 6.07 Å². The van der Waals surface area contributed by atoms with Gasteiger partial charge in [0.15, 0.2) is 5.84 Å². The molecule has 2 aromatic rings. The summed E-state index contributed by atoms with van der Waals surface area (Å²) < 4.78 is 28.5. The van der Waals surface area contributed by atoms with Crippen molar-refractivity contribution in [2.24, 2.45) is 0 Å². The van der Waals surface area contributed by atoms with Gasteiger partial charge in [0, 0.05) is 17.7 Å². The monoisotopic (exact) mass is 462 g/mol. The summed E-state index contributed by atoms with van der Waals surface area (Å²) in [6.07, 6.45) is 5.49. The van der Waals surface area contributed by atoms with Gasteiger partial charge in [0.2, 0.25) is 0 Å². The molecule has 0 aromatic heterocycles. The summed E-state index contributed by atoms with van der Waals surface area (Å²) in [5.74, 6) is -0.645. The fourth-order valence-corrected chi connectivity index (χ4v) is 6.58. The molecule has 7 heteroatoms. The number of nitrogens with zero attached hydrogens (tertiary/aromatic N) is 2. The van der Waals surface area contributed by atoms with Gasteiger partial charge in [-0.3, -0.25) is 5.41 Å². The normalized spacial score (nSPS) is 22.2. The van der Waals surface area contributed by atoms with Gasteiger partial charge in [-0.15, -0.1) is 0 Å². The lowest BCUT2D eigenvalue weighted by Gasteiger charge is -2.42. The standard InChI is InChI=1S/C26H30N4O2S/c1-18-13-15-22(16-14-18)33(31,32)30-19(2)24(20-9-5-3-6-10-20)25(23(17-27)26(30)28)29-21-11-7-4-8-12-21/h3,5-6,9-10,13-16,19,21,24,28-29H,4,7-8,11-12H2,1-2H3. The highest BCUT2D eigenvalue weighted by atomic mass is 32.2. The van der Waals surface area contributed by atoms with E-state index in [1.807, 2.05) is 44.2 Å². The summed E-state index contributed by atoms with van der Waals surface area (Å²) in [6.45, 7) is 3.72. The minimum atomic E-state index is -4.02. The van der Waals surface area contributed by atoms with Gasteiger partial charge in [0.1, 0.15) is 11.6 Å². The molecule has 6 nitrogen and oxygen atoms in total. The van der Waals surface area contributed by atoms with Gasteiger partial charge in [-0.2, -0.15) is 5.26 Å². The van der Waals surface area contributed by atoms with Crippen LogP contribution in [0.5, 0.6) is 0 Å². The number of amidine groups is 1. The smallest absolute Gasteiger partial charge is 0.265 e. The minimum absolute atomic E-state index is 0.100. The highest BCUT2D eigenvalue weighted by Gasteiger charge is 2.44. The van der Waals surface area contributed by atoms with Crippen molar-refractivity contribution in [2.45, 2.75) is 68.8 Å². The van der Waals surface area contributed by atoms with E-state index in [9.17, 15) is 13.7 Å². The van der Waals surface area contributed by atoms with Crippen molar-refractivity contribution in [1.29, 1.82) is 10.7 Å². The van der Waals surface area contributed by atoms with Crippen LogP contribution in [0.4, 0.5) is 0 Å². The Morgan fingerprint density at radius 2 is 1.67 bits per heavy atom. The molecule has 4 rings (SSSR count). The molecule has 1 heterocycles. The van der Waals surface area contributed by atoms with Crippen LogP contribution in [0.25, 0.3) is 0 Å². The average Bonchev–Trinajstić information content (AvgIpc) is 2.81. The fraction of sp³-hybridized carbons (Fsp3) is 0.385. The molecular formula is C26H30N4O2S. The molecule has 2 atom stereocenters. The number of nitriles is 1. The molecular weight excluding hydrogens is 432 g/mol. The maximum atomic E-state index is 13.7. The van der Waals surface area contributed by atoms with Gasteiger partial charge in [-0.1, -0.05) is 67.3 Å². The van der Waals surface area contributed by atoms with Gasteiger partial charge in [-0.05, 0) is 44.4 Å². The second kappa shape index (κ2) is 9.40. The zero-order valence-electron chi connectivity index (χ0n) is 19.1. The Kier molecular flexibility index (Phi) is 6.57. The number of hydrogen-bond donors (Lipinski definition) is 2. The Morgan fingerprint density at radius 3 is 2.27 bits per heavy atom. The van der Waals surface area contributed by atoms with Crippen molar-refractivity contribution < 1.29 is 8.42 Å². The minimum Gasteiger partial charge on any atom is -0.384 e. The fourth-order valence-electron chi connectivity index (χ4n) is 4.98. The maximum Gasteiger partial charge on any atom is 0.265 e. The molecule has 172 valence electrons. The number of benzene rings is 2. The van der Waals surface area contributed by atoms with E-state index >= 15 is 0 Å². The Bertz CT molecular complexity index is 1190. The van der Waals surface area contributed by atoms with Crippen LogP contribution >= 0.6 is 0 Å². The second-order valence-corrected chi connectivity index (χ2v) is 10.8. The van der Waals surface area contributed by atoms with Crippen LogP contribution in [-0.4, -0.2) is 30.6 Å². The first-order valence-electron chi connectivity index (χ1n) is 11.5. The number of sulfonamides is 1. The first-order valence-corrected chi connectivity index (χ1v) is 12.9. The molecule has 0 spiro atoms. The van der Waals surface area contributed by atoms with Crippen molar-refractivity contribution >= 4 is 15.9 Å². The van der Waals surface area contributed by atoms with Crippen molar-refractivity contribution in [2.75, 3.05) is 0 Å². The summed E-state index contributed by atoms with van der Waals surface area (Å²) in [5.41, 5.74) is 2.65. The van der Waals surface area contributed by atoms with E-state index in [1.54, 1.807) is 24.3 Å². The second-order valence-electron chi connectivity index (χ2n) is 8.97. The average molecular weight is 463 g/mol. The molecule has 1 aliphatic carbocycles. The summed E-state index contributed by atoms with van der Waals surface area (Å²) in [5, 5.41) is 22.5. The van der Waals surface area contributed by atoms with Crippen molar-refractivity contribution in [3.05, 3.63) is 77.0 Å². The SMILES string of the molecule is Cc1ccc(S(=O)(=O)N2C(=N)C(C#N)=C(NC3CCCCC3)C(c3ccccc3)C2C)cc1. The molecule has 0 saturated heterocycles. The van der Waals surface area contributed by atoms with E-state index in [4.69, 9.17) is 5.41 Å². The van der Waals surface area contributed by atoms with E-state index in [-0.39, 0.29) is 28.3 Å². The van der Waals surface area contributed by atoms with E-state index in [1.165, 1.54) is 6.42 Å². The third kappa shape index (κ3) is 4.40. The number of nitrogens with one attached hydrogen (secondary N) is 2. The highest BCUT2D eigenvalue weighted by molar-refractivity contribution is 7.89. The Hall–Kier alpha value is -3.11. The van der Waals surface area contributed by atoms with Crippen LogP contribution in [0.3, 0.4) is 0 Å². The van der Waals surface area contributed by atoms with E-state index in [0.29, 0.717) is 5.70 Å². The van der Waals surface area contributed by atoms with Crippen LogP contribution in [0.1, 0.15) is 56.1 Å². The van der Waals surface area contributed by atoms with E-state index in [2.05, 4.69) is 11.4 Å². The molecule has 0 amide bonds. The number of aryl methyl sites for hydroxylation is 1. The number of hydrogen-bond acceptors (Lipinski definition) is 5. The quantitative estimate of drug-likeness (QED) is 0.664. The summed E-state index contributed by atoms with van der Waals surface area (Å²) in [7, 11) is -4.02. The van der Waals surface area contributed by atoms with Gasteiger partial charge < -0.3 is 5.32 Å². The first-order chi connectivity index (χ1) is 15.8. The molecule has 2 aliphatic rings. The van der Waals surface area contributed by atoms with Crippen LogP contribution < -0.4 is 5.32 Å². The number of rotatable bonds is 5. The lowest BCUT2D eigenvalue weighted by Crippen LogP contribution is -2.52. The van der Waals surface area contributed by atoms with Gasteiger partial charge in [0.05, 0.1) is 10.9 Å². The maximum absolute atomic E-state index is 13.7. The molecule has 1 fully saturated rings. The summed E-state index contributed by atoms with van der Waals surface area (Å²) >= 11 is 0. The predicted molar refractivity (Wildman–Crippen MR) is 129 cm³/mol. The van der Waals surface area contributed by atoms with Gasteiger partial charge in [0.25, 0.3) is 10.0 Å². The zero-order chi connectivity index (χ0) is 23.6. The van der Waals surface area contributed by atoms with Crippen LogP contribution in [0.2, 0.25) is 0 Å². The highest BCUT2D eigenvalue weighted by Crippen LogP contribution is 2.40. The first kappa shape index (κ1) is 23.1. The molecule has 1 aliphatic heterocycles. The Morgan fingerprint density at radius 1 is 1.03 bits per heavy atom. The van der Waals surface area contributed by atoms with Crippen LogP contribution in [0.15, 0.2) is 70.8 Å². The molecule has 2 unspecified atom stereocenters. The van der Waals surface area contributed by atoms with Crippen molar-refractivity contribution in [1.82, 2.24) is 9.62 Å². The molecule has 1 saturated carbocycles. The lowest BCUT2D eigenvalue weighted by molar-refractivity contribution is 0.352. The Labute approximate surface area is 196 Å². The van der Waals surface area contributed by atoms with Crippen LogP contribution in [-0.2, 0) is 10.0 Å². The zero-order valence-corrected chi connectivity index (χ0v) is 19.9. The largest absolute Gasteiger partial charge is 0.384 e. The Balaban J connectivity index is 1.84. The van der Waals surface area contributed by atoms with Gasteiger partial charge in [-0.25, -0.2) is 12.7 Å². The summed E-state index contributed by atoms with van der Waals surface area (Å²) in [4.78, 5) is 0.123. The lowest BCUT2D eigenvalue weighted by atomic mass is 9.83. The third-order valence-corrected chi connectivity index (χ3v) is 8.60. The topological polar surface area (TPSA) is 97.1 Å². The molecule has 0 radical (unpaired) electrons. The predicted octanol–water partition coefficient (Wildman–Crippen LogP) is 4.85. The van der Waals surface area contributed by atoms with Crippen LogP contribution in [0, 0.1) is 23.7 Å². The summed E-state index contributed by atoms with van der Waals surface area (Å²) in [6, 6.07) is 18.1. The molecule has 2 N–H and O–H groups in total. The third-order valence-electron chi connectivity index (χ3n) is 6.70. The van der Waals surface area contributed by atoms with Gasteiger partial charge >= 0.3 is 0 Å². The molecule has 33 heavy (non-hydrogen) atoms.